The maximum atomic E-state index is 15.3. The number of carbonyl (C=O) groups is 8. The van der Waals surface area contributed by atoms with Crippen LogP contribution in [0.15, 0.2) is 97.1 Å². The molecule has 3 aliphatic heterocycles. The highest BCUT2D eigenvalue weighted by Crippen LogP contribution is 2.41. The Kier molecular flexibility index (Phi) is 22.4. The maximum absolute atomic E-state index is 15.3. The number of benzene rings is 5. The van der Waals surface area contributed by atoms with Crippen LogP contribution in [0.5, 0.6) is 40.2 Å². The van der Waals surface area contributed by atoms with E-state index in [0.29, 0.717) is 0 Å². The Morgan fingerprint density at radius 3 is 1.96 bits per heavy atom. The molecule has 7 amide bonds. The first-order valence-electron chi connectivity index (χ1n) is 27.3. The Morgan fingerprint density at radius 2 is 1.34 bits per heavy atom. The average molecular weight is 1300 g/mol. The van der Waals surface area contributed by atoms with Crippen molar-refractivity contribution in [2.45, 2.75) is 112 Å². The summed E-state index contributed by atoms with van der Waals surface area (Å²) in [5, 5.41) is 130. The molecule has 14 atom stereocenters. The third-order valence-electron chi connectivity index (χ3n) is 14.2. The van der Waals surface area contributed by atoms with Crippen LogP contribution in [0.3, 0.4) is 0 Å². The van der Waals surface area contributed by atoms with Gasteiger partial charge in [0.2, 0.25) is 47.6 Å². The van der Waals surface area contributed by atoms with Gasteiger partial charge in [0.15, 0.2) is 17.5 Å². The Labute approximate surface area is 520 Å². The minimum absolute atomic E-state index is 0.0824. The van der Waals surface area contributed by atoms with E-state index in [1.165, 1.54) is 0 Å². The second-order valence-corrected chi connectivity index (χ2v) is 22.2. The Hall–Kier alpha value is -9.08. The second-order valence-electron chi connectivity index (χ2n) is 21.4. The lowest BCUT2D eigenvalue weighted by Gasteiger charge is -2.39. The van der Waals surface area contributed by atoms with Gasteiger partial charge in [0.25, 0.3) is 0 Å². The van der Waals surface area contributed by atoms with Crippen LogP contribution in [-0.4, -0.2) is 165 Å². The van der Waals surface area contributed by atoms with Gasteiger partial charge in [-0.25, -0.2) is 4.79 Å². The quantitative estimate of drug-likeness (QED) is 0.0455. The van der Waals surface area contributed by atoms with Gasteiger partial charge in [0.05, 0.1) is 29.1 Å². The topological polar surface area (TPSA) is 511 Å². The summed E-state index contributed by atoms with van der Waals surface area (Å²) in [5.74, 6) is -14.4. The summed E-state index contributed by atoms with van der Waals surface area (Å²) in [5.41, 5.74) is 10.4. The smallest absolute Gasteiger partial charge is 0.330 e. The first kappa shape index (κ1) is 68.4. The van der Waals surface area contributed by atoms with Crippen LogP contribution >= 0.6 is 23.2 Å². The van der Waals surface area contributed by atoms with E-state index in [0.717, 1.165) is 97.1 Å². The van der Waals surface area contributed by atoms with Gasteiger partial charge in [-0.3, -0.25) is 33.6 Å². The van der Waals surface area contributed by atoms with E-state index >= 15 is 4.79 Å². The number of halogens is 2. The first-order valence-corrected chi connectivity index (χ1v) is 28.0. The Balaban J connectivity index is 1.37. The molecule has 30 nitrogen and oxygen atoms in total. The predicted octanol–water partition coefficient (Wildman–Crippen LogP) is -0.772. The fourth-order valence-corrected chi connectivity index (χ4v) is 9.98. The third-order valence-corrected chi connectivity index (χ3v) is 14.8. The van der Waals surface area contributed by atoms with Crippen LogP contribution in [0.2, 0.25) is 10.0 Å². The number of carbonyl (C=O) groups excluding carboxylic acids is 7. The number of ether oxygens (including phenoxy) is 3. The van der Waals surface area contributed by atoms with Gasteiger partial charge >= 0.3 is 5.97 Å². The van der Waals surface area contributed by atoms with Crippen molar-refractivity contribution in [3.05, 3.63) is 135 Å². The lowest BCUT2D eigenvalue weighted by Crippen LogP contribution is -2.60. The summed E-state index contributed by atoms with van der Waals surface area (Å²) in [6.07, 6.45) is -14.5. The minimum Gasteiger partial charge on any atom is -0.508 e. The largest absolute Gasteiger partial charge is 0.508 e. The third kappa shape index (κ3) is 16.6. The highest BCUT2D eigenvalue weighted by molar-refractivity contribution is 6.32. The van der Waals surface area contributed by atoms with Crippen molar-refractivity contribution >= 4 is 70.5 Å². The molecule has 0 radical (unpaired) electrons. The lowest BCUT2D eigenvalue weighted by atomic mass is 9.97. The molecule has 8 rings (SSSR count). The molecule has 4 bridgehead atoms. The van der Waals surface area contributed by atoms with Gasteiger partial charge in [0.1, 0.15) is 95.6 Å². The normalized spacial score (nSPS) is 22.6. The number of phenols is 4. The van der Waals surface area contributed by atoms with E-state index in [4.69, 9.17) is 48.9 Å². The van der Waals surface area contributed by atoms with Crippen LogP contribution in [0.4, 0.5) is 0 Å². The van der Waals surface area contributed by atoms with Gasteiger partial charge in [-0.15, -0.1) is 0 Å². The standard InChI is InChI=1S/C58H64Cl2N8O22/c1-22(2)13-33(61)51(80)67-44(46(75)25-5-10-35(73)31(59)16-25)55(84)63-34(20-40(62)74)52(81)64-42-24-6-12-37(89-58-50(79)49(78)48(77)39(21-69)90-58)38(18-24)88-36-11-7-26(17-32(36)60)47(76)45(56(85)66-43(57(86)87)27-14-29(71)19-30(72)15-27)68-53(82)41(65-54(42)83)23-3-8-28(70)9-4-23/h3-12,14-19,22,33-34,39,41-50,58,69-73,75-79H,13,20-21,61H2,1-2H3,(H2,62,74)(H,63,84)(H,64,81)(H,65,83)(H,66,85)(H,67,80)(H,68,82)(H,86,87). The number of aliphatic carboxylic acids is 1. The summed E-state index contributed by atoms with van der Waals surface area (Å²) < 4.78 is 17.8. The van der Waals surface area contributed by atoms with Gasteiger partial charge < -0.3 is 114 Å². The predicted molar refractivity (Wildman–Crippen MR) is 311 cm³/mol. The second kappa shape index (κ2) is 29.5. The molecular formula is C58H64Cl2N8O22. The highest BCUT2D eigenvalue weighted by atomic mass is 35.5. The van der Waals surface area contributed by atoms with Gasteiger partial charge in [-0.05, 0) is 101 Å². The van der Waals surface area contributed by atoms with Crippen molar-refractivity contribution in [3.63, 3.8) is 0 Å². The number of rotatable bonds is 20. The van der Waals surface area contributed by atoms with E-state index in [-0.39, 0.29) is 51.1 Å². The van der Waals surface area contributed by atoms with Crippen LogP contribution in [0.1, 0.15) is 84.8 Å². The molecule has 3 aliphatic rings. The van der Waals surface area contributed by atoms with Crippen molar-refractivity contribution in [3.8, 4) is 40.2 Å². The van der Waals surface area contributed by atoms with E-state index in [1.807, 2.05) is 0 Å². The highest BCUT2D eigenvalue weighted by Gasteiger charge is 2.46. The number of phenolic OH excluding ortho intramolecular Hbond substituents is 4. The molecule has 3 heterocycles. The van der Waals surface area contributed by atoms with Crippen LogP contribution in [0, 0.1) is 5.92 Å². The van der Waals surface area contributed by atoms with Crippen LogP contribution < -0.4 is 52.8 Å². The monoisotopic (exact) mass is 1290 g/mol. The number of hydrogen-bond acceptors (Lipinski definition) is 22. The summed E-state index contributed by atoms with van der Waals surface area (Å²) in [6.45, 7) is 2.61. The lowest BCUT2D eigenvalue weighted by molar-refractivity contribution is -0.277. The summed E-state index contributed by atoms with van der Waals surface area (Å²) in [7, 11) is 0. The Morgan fingerprint density at radius 1 is 0.689 bits per heavy atom. The average Bonchev–Trinajstić information content (AvgIpc) is 1.52. The number of aliphatic hydroxyl groups excluding tert-OH is 6. The number of nitrogens with one attached hydrogen (secondary N) is 6. The summed E-state index contributed by atoms with van der Waals surface area (Å²) in [4.78, 5) is 113. The molecule has 32 heteroatoms. The van der Waals surface area contributed by atoms with E-state index in [2.05, 4.69) is 31.9 Å². The maximum Gasteiger partial charge on any atom is 0.330 e. The number of amides is 7. The molecule has 0 saturated carbocycles. The number of fused-ring (bicyclic) bond motifs is 9. The van der Waals surface area contributed by atoms with E-state index < -0.39 is 185 Å². The molecule has 482 valence electrons. The zero-order valence-electron chi connectivity index (χ0n) is 47.3. The molecule has 5 aromatic carbocycles. The number of aliphatic hydroxyl groups is 6. The van der Waals surface area contributed by atoms with Crippen molar-refractivity contribution in [2.75, 3.05) is 6.61 Å². The first-order chi connectivity index (χ1) is 42.4. The number of nitrogens with two attached hydrogens (primary N) is 2. The fourth-order valence-electron chi connectivity index (χ4n) is 9.57. The van der Waals surface area contributed by atoms with Crippen molar-refractivity contribution in [1.29, 1.82) is 0 Å². The van der Waals surface area contributed by atoms with Crippen LogP contribution in [-0.2, 0) is 43.1 Å². The van der Waals surface area contributed by atoms with E-state index in [1.54, 1.807) is 13.8 Å². The molecule has 0 spiro atoms. The summed E-state index contributed by atoms with van der Waals surface area (Å²) >= 11 is 12.9. The molecular weight excluding hydrogens is 1230 g/mol. The van der Waals surface area contributed by atoms with Crippen LogP contribution in [0.25, 0.3) is 0 Å². The van der Waals surface area contributed by atoms with Gasteiger partial charge in [-0.1, -0.05) is 67.4 Å². The van der Waals surface area contributed by atoms with Crippen molar-refractivity contribution < 1.29 is 109 Å². The SMILES string of the molecule is CC(C)CC(N)C(=O)NC(C(=O)NC(CC(N)=O)C(=O)NC1C(=O)NC(c2ccc(O)cc2)C(=O)NC(C(=O)NC(C(=O)O)c2cc(O)cc(O)c2)C(O)c2ccc(c(Cl)c2)Oc2cc1ccc2OC1OC(CO)C(O)C(O)C1O)C(O)c1ccc(O)c(Cl)c1. The number of aromatic hydroxyl groups is 4. The number of carboxylic acids is 1. The van der Waals surface area contributed by atoms with Gasteiger partial charge in [0, 0.05) is 6.07 Å². The fraction of sp³-hybridized carbons (Fsp3) is 0.345. The number of hydrogen-bond donors (Lipinski definition) is 19. The van der Waals surface area contributed by atoms with Crippen molar-refractivity contribution in [1.82, 2.24) is 31.9 Å². The molecule has 1 fully saturated rings. The molecule has 0 aliphatic carbocycles. The summed E-state index contributed by atoms with van der Waals surface area (Å²) in [6, 6.07) is 2.73. The molecule has 21 N–H and O–H groups in total. The zero-order chi connectivity index (χ0) is 66.2. The number of carboxylic acid groups (broad SMARTS) is 1. The van der Waals surface area contributed by atoms with Crippen molar-refractivity contribution in [2.24, 2.45) is 17.4 Å². The molecule has 90 heavy (non-hydrogen) atoms. The molecule has 1 saturated heterocycles. The molecule has 5 aromatic rings. The molecule has 0 aromatic heterocycles. The number of primary amides is 1. The zero-order valence-corrected chi connectivity index (χ0v) is 48.9. The Bertz CT molecular complexity index is 3490. The minimum atomic E-state index is -2.28. The van der Waals surface area contributed by atoms with Gasteiger partial charge in [-0.2, -0.15) is 0 Å². The van der Waals surface area contributed by atoms with E-state index in [9.17, 15) is 89.7 Å². The molecule has 14 unspecified atom stereocenters.